The predicted molar refractivity (Wildman–Crippen MR) is 83.7 cm³/mol. The molecule has 0 aliphatic carbocycles. The van der Waals surface area contributed by atoms with Crippen molar-refractivity contribution in [1.29, 1.82) is 0 Å². The quantitative estimate of drug-likeness (QED) is 0.857. The van der Waals surface area contributed by atoms with Gasteiger partial charge in [0.2, 0.25) is 0 Å². The predicted octanol–water partition coefficient (Wildman–Crippen LogP) is 3.87. The van der Waals surface area contributed by atoms with E-state index >= 15 is 0 Å². The molecular formula is C14H15BrN2OS. The standard InChI is InChI=1S/C14H15BrN2OS/c15-9-4-5-11-10(8-9)12(16)13(19-11)14(18)17-6-2-1-3-7-17/h4-5,8H,1-3,6-7,16H2. The van der Waals surface area contributed by atoms with Crippen LogP contribution in [-0.4, -0.2) is 23.9 Å². The SMILES string of the molecule is Nc1c(C(=O)N2CCCCC2)sc2ccc(Br)cc12. The van der Waals surface area contributed by atoms with Gasteiger partial charge >= 0.3 is 0 Å². The van der Waals surface area contributed by atoms with Crippen LogP contribution in [0, 0.1) is 0 Å². The number of thiophene rings is 1. The van der Waals surface area contributed by atoms with Crippen LogP contribution in [0.4, 0.5) is 5.69 Å². The first-order valence-electron chi connectivity index (χ1n) is 6.43. The van der Waals surface area contributed by atoms with Crippen molar-refractivity contribution >= 4 is 48.9 Å². The van der Waals surface area contributed by atoms with E-state index in [1.54, 1.807) is 0 Å². The van der Waals surface area contributed by atoms with Gasteiger partial charge in [0.25, 0.3) is 5.91 Å². The summed E-state index contributed by atoms with van der Waals surface area (Å²) in [5.74, 6) is 0.0922. The van der Waals surface area contributed by atoms with Gasteiger partial charge in [-0.05, 0) is 37.5 Å². The zero-order chi connectivity index (χ0) is 13.4. The molecule has 1 aromatic heterocycles. The van der Waals surface area contributed by atoms with E-state index in [4.69, 9.17) is 5.73 Å². The number of carbonyl (C=O) groups excluding carboxylic acids is 1. The van der Waals surface area contributed by atoms with Crippen molar-refractivity contribution in [3.63, 3.8) is 0 Å². The van der Waals surface area contributed by atoms with Crippen molar-refractivity contribution in [2.75, 3.05) is 18.8 Å². The Balaban J connectivity index is 2.00. The lowest BCUT2D eigenvalue weighted by Gasteiger charge is -2.26. The third kappa shape index (κ3) is 2.37. The first-order chi connectivity index (χ1) is 9.16. The van der Waals surface area contributed by atoms with Gasteiger partial charge in [-0.1, -0.05) is 15.9 Å². The number of hydrogen-bond acceptors (Lipinski definition) is 3. The van der Waals surface area contributed by atoms with Gasteiger partial charge < -0.3 is 10.6 Å². The number of nitrogen functional groups attached to an aromatic ring is 1. The summed E-state index contributed by atoms with van der Waals surface area (Å²) in [5, 5.41) is 0.972. The van der Waals surface area contributed by atoms with Crippen molar-refractivity contribution in [2.45, 2.75) is 19.3 Å². The van der Waals surface area contributed by atoms with E-state index in [9.17, 15) is 4.79 Å². The van der Waals surface area contributed by atoms with Gasteiger partial charge in [0, 0.05) is 27.6 Å². The largest absolute Gasteiger partial charge is 0.397 e. The first-order valence-corrected chi connectivity index (χ1v) is 8.04. The van der Waals surface area contributed by atoms with Gasteiger partial charge in [-0.3, -0.25) is 4.79 Å². The fraction of sp³-hybridized carbons (Fsp3) is 0.357. The zero-order valence-electron chi connectivity index (χ0n) is 10.5. The lowest BCUT2D eigenvalue weighted by Crippen LogP contribution is -2.35. The summed E-state index contributed by atoms with van der Waals surface area (Å²) >= 11 is 4.94. The summed E-state index contributed by atoms with van der Waals surface area (Å²) in [6.45, 7) is 1.71. The third-order valence-corrected chi connectivity index (χ3v) is 5.19. The second kappa shape index (κ2) is 5.13. The van der Waals surface area contributed by atoms with Crippen LogP contribution in [0.5, 0.6) is 0 Å². The molecule has 0 bridgehead atoms. The number of rotatable bonds is 1. The van der Waals surface area contributed by atoms with Crippen LogP contribution in [0.2, 0.25) is 0 Å². The van der Waals surface area contributed by atoms with Gasteiger partial charge in [-0.2, -0.15) is 0 Å². The van der Waals surface area contributed by atoms with Crippen LogP contribution in [-0.2, 0) is 0 Å². The average molecular weight is 339 g/mol. The molecule has 0 unspecified atom stereocenters. The highest BCUT2D eigenvalue weighted by atomic mass is 79.9. The number of piperidine rings is 1. The van der Waals surface area contributed by atoms with E-state index in [0.717, 1.165) is 40.5 Å². The molecule has 3 nitrogen and oxygen atoms in total. The van der Waals surface area contributed by atoms with Crippen LogP contribution in [0.3, 0.4) is 0 Å². The highest BCUT2D eigenvalue weighted by Gasteiger charge is 2.23. The van der Waals surface area contributed by atoms with Crippen molar-refractivity contribution in [1.82, 2.24) is 4.90 Å². The van der Waals surface area contributed by atoms with Gasteiger partial charge in [0.15, 0.2) is 0 Å². The normalized spacial score (nSPS) is 15.9. The Hall–Kier alpha value is -1.07. The highest BCUT2D eigenvalue weighted by Crippen LogP contribution is 2.36. The molecule has 1 aliphatic heterocycles. The third-order valence-electron chi connectivity index (χ3n) is 3.53. The maximum absolute atomic E-state index is 12.5. The number of benzene rings is 1. The molecule has 1 aliphatic rings. The molecule has 100 valence electrons. The summed E-state index contributed by atoms with van der Waals surface area (Å²) in [6, 6.07) is 5.97. The number of anilines is 1. The zero-order valence-corrected chi connectivity index (χ0v) is 12.9. The van der Waals surface area contributed by atoms with E-state index in [0.29, 0.717) is 10.6 Å². The van der Waals surface area contributed by atoms with Crippen molar-refractivity contribution in [3.8, 4) is 0 Å². The molecule has 1 amide bonds. The van der Waals surface area contributed by atoms with Crippen molar-refractivity contribution in [2.24, 2.45) is 0 Å². The van der Waals surface area contributed by atoms with Crippen LogP contribution >= 0.6 is 27.3 Å². The summed E-state index contributed by atoms with van der Waals surface area (Å²) in [5.41, 5.74) is 6.78. The Morgan fingerprint density at radius 1 is 1.26 bits per heavy atom. The Labute approximate surface area is 124 Å². The molecule has 0 saturated carbocycles. The minimum atomic E-state index is 0.0922. The molecule has 3 rings (SSSR count). The van der Waals surface area contributed by atoms with E-state index in [2.05, 4.69) is 15.9 Å². The van der Waals surface area contributed by atoms with Crippen LogP contribution in [0.15, 0.2) is 22.7 Å². The van der Waals surface area contributed by atoms with Crippen LogP contribution in [0.1, 0.15) is 28.9 Å². The minimum Gasteiger partial charge on any atom is -0.397 e. The molecule has 19 heavy (non-hydrogen) atoms. The smallest absolute Gasteiger partial charge is 0.266 e. The molecule has 1 fully saturated rings. The Kier molecular flexibility index (Phi) is 3.50. The molecule has 2 aromatic rings. The lowest BCUT2D eigenvalue weighted by molar-refractivity contribution is 0.0730. The van der Waals surface area contributed by atoms with E-state index in [1.165, 1.54) is 17.8 Å². The number of nitrogens with zero attached hydrogens (tertiary/aromatic N) is 1. The van der Waals surface area contributed by atoms with Gasteiger partial charge in [0.1, 0.15) is 4.88 Å². The fourth-order valence-corrected chi connectivity index (χ4v) is 3.92. The molecule has 2 heterocycles. The summed E-state index contributed by atoms with van der Waals surface area (Å²) in [6.07, 6.45) is 3.42. The second-order valence-corrected chi connectivity index (χ2v) is 6.81. The maximum atomic E-state index is 12.5. The first kappa shape index (κ1) is 12.9. The van der Waals surface area contributed by atoms with E-state index in [-0.39, 0.29) is 5.91 Å². The van der Waals surface area contributed by atoms with Crippen LogP contribution < -0.4 is 5.73 Å². The Bertz CT molecular complexity index is 632. The van der Waals surface area contributed by atoms with E-state index in [1.807, 2.05) is 23.1 Å². The molecule has 5 heteroatoms. The number of likely N-dealkylation sites (tertiary alicyclic amines) is 1. The topological polar surface area (TPSA) is 46.3 Å². The van der Waals surface area contributed by atoms with Crippen LogP contribution in [0.25, 0.3) is 10.1 Å². The summed E-state index contributed by atoms with van der Waals surface area (Å²) in [7, 11) is 0. The molecule has 1 saturated heterocycles. The summed E-state index contributed by atoms with van der Waals surface area (Å²) < 4.78 is 2.06. The number of hydrogen-bond donors (Lipinski definition) is 1. The molecular weight excluding hydrogens is 324 g/mol. The van der Waals surface area contributed by atoms with Crippen molar-refractivity contribution < 1.29 is 4.79 Å². The fourth-order valence-electron chi connectivity index (χ4n) is 2.49. The number of halogens is 1. The minimum absolute atomic E-state index is 0.0922. The van der Waals surface area contributed by atoms with Crippen molar-refractivity contribution in [3.05, 3.63) is 27.5 Å². The van der Waals surface area contributed by atoms with Gasteiger partial charge in [-0.15, -0.1) is 11.3 Å². The number of amides is 1. The molecule has 0 radical (unpaired) electrons. The lowest BCUT2D eigenvalue weighted by atomic mass is 10.1. The highest BCUT2D eigenvalue weighted by molar-refractivity contribution is 9.10. The monoisotopic (exact) mass is 338 g/mol. The van der Waals surface area contributed by atoms with Gasteiger partial charge in [-0.25, -0.2) is 0 Å². The summed E-state index contributed by atoms with van der Waals surface area (Å²) in [4.78, 5) is 15.1. The Morgan fingerprint density at radius 3 is 2.74 bits per heavy atom. The molecule has 0 atom stereocenters. The molecule has 1 aromatic carbocycles. The molecule has 0 spiro atoms. The Morgan fingerprint density at radius 2 is 2.00 bits per heavy atom. The molecule has 2 N–H and O–H groups in total. The number of fused-ring (bicyclic) bond motifs is 1. The van der Waals surface area contributed by atoms with E-state index < -0.39 is 0 Å². The van der Waals surface area contributed by atoms with Gasteiger partial charge in [0.05, 0.1) is 5.69 Å². The number of nitrogens with two attached hydrogens (primary N) is 1. The average Bonchev–Trinajstić information content (AvgIpc) is 2.76. The number of carbonyl (C=O) groups is 1. The second-order valence-electron chi connectivity index (χ2n) is 4.84. The maximum Gasteiger partial charge on any atom is 0.266 e.